The molecule has 6 N–H and O–H groups in total. The van der Waals surface area contributed by atoms with Crippen LogP contribution in [0, 0.1) is 0 Å². The zero-order chi connectivity index (χ0) is 15.0. The summed E-state index contributed by atoms with van der Waals surface area (Å²) in [6.45, 7) is 0.972. The van der Waals surface area contributed by atoms with Gasteiger partial charge in [0.1, 0.15) is 17.5 Å². The number of nitrogens with one attached hydrogen (secondary N) is 1. The molecular formula is C14H22N2O4. The largest absolute Gasteiger partial charge is 0.508 e. The molecule has 0 aliphatic heterocycles. The van der Waals surface area contributed by atoms with E-state index in [9.17, 15) is 15.0 Å². The Bertz CT molecular complexity index is 437. The summed E-state index contributed by atoms with van der Waals surface area (Å²) in [6.07, 6.45) is 2.54. The highest BCUT2D eigenvalue weighted by molar-refractivity contribution is 5.73. The van der Waals surface area contributed by atoms with Gasteiger partial charge in [0, 0.05) is 6.54 Å². The molecule has 0 aliphatic carbocycles. The van der Waals surface area contributed by atoms with Crippen molar-refractivity contribution in [1.29, 1.82) is 0 Å². The fraction of sp³-hybridized carbons (Fsp3) is 0.500. The third-order valence-electron chi connectivity index (χ3n) is 3.09. The number of carboxylic acids is 1. The van der Waals surface area contributed by atoms with Gasteiger partial charge < -0.3 is 26.4 Å². The smallest absolute Gasteiger partial charge is 0.320 e. The number of benzene rings is 1. The van der Waals surface area contributed by atoms with Crippen LogP contribution in [0.25, 0.3) is 0 Å². The van der Waals surface area contributed by atoms with Gasteiger partial charge in [-0.3, -0.25) is 4.79 Å². The number of aliphatic carboxylic acids is 1. The molecule has 0 bridgehead atoms. The van der Waals surface area contributed by atoms with Gasteiger partial charge in [-0.25, -0.2) is 0 Å². The average molecular weight is 282 g/mol. The van der Waals surface area contributed by atoms with Gasteiger partial charge in [-0.05, 0) is 49.6 Å². The van der Waals surface area contributed by atoms with Crippen LogP contribution in [0.2, 0.25) is 0 Å². The van der Waals surface area contributed by atoms with E-state index in [1.54, 1.807) is 0 Å². The highest BCUT2D eigenvalue weighted by atomic mass is 16.4. The van der Waals surface area contributed by atoms with E-state index in [-0.39, 0.29) is 11.5 Å². The molecule has 6 nitrogen and oxygen atoms in total. The monoisotopic (exact) mass is 282 g/mol. The minimum atomic E-state index is -0.887. The summed E-state index contributed by atoms with van der Waals surface area (Å²) in [4.78, 5) is 11.1. The Morgan fingerprint density at radius 3 is 2.70 bits per heavy atom. The highest BCUT2D eigenvalue weighted by Crippen LogP contribution is 2.22. The van der Waals surface area contributed by atoms with E-state index in [0.717, 1.165) is 12.8 Å². The summed E-state index contributed by atoms with van der Waals surface area (Å²) in [7, 11) is 0. The molecule has 0 fully saturated rings. The number of phenols is 2. The Morgan fingerprint density at radius 2 is 2.05 bits per heavy atom. The predicted molar refractivity (Wildman–Crippen MR) is 75.8 cm³/mol. The lowest BCUT2D eigenvalue weighted by molar-refractivity contribution is -0.139. The number of carbonyl (C=O) groups is 1. The minimum absolute atomic E-state index is 0.0792. The predicted octanol–water partition coefficient (Wildman–Crippen LogP) is 0.812. The molecule has 0 aromatic heterocycles. The van der Waals surface area contributed by atoms with E-state index in [4.69, 9.17) is 10.8 Å². The van der Waals surface area contributed by atoms with Crippen molar-refractivity contribution in [3.8, 4) is 11.5 Å². The molecule has 0 unspecified atom stereocenters. The molecule has 0 saturated carbocycles. The standard InChI is InChI=1S/C14H22N2O4/c15-7-2-1-3-12(14(19)20)16-8-6-10-9-11(17)4-5-13(10)18/h4-5,9,12,16-18H,1-3,6-8,15H2,(H,19,20)/t12-/m0/s1. The second-order valence-corrected chi connectivity index (χ2v) is 4.69. The Labute approximate surface area is 118 Å². The zero-order valence-electron chi connectivity index (χ0n) is 11.4. The average Bonchev–Trinajstić information content (AvgIpc) is 2.40. The molecule has 0 radical (unpaired) electrons. The van der Waals surface area contributed by atoms with Gasteiger partial charge >= 0.3 is 5.97 Å². The lowest BCUT2D eigenvalue weighted by Crippen LogP contribution is -2.37. The molecule has 0 amide bonds. The van der Waals surface area contributed by atoms with Crippen LogP contribution >= 0.6 is 0 Å². The molecule has 1 aromatic rings. The number of carboxylic acid groups (broad SMARTS) is 1. The number of hydrogen-bond donors (Lipinski definition) is 5. The lowest BCUT2D eigenvalue weighted by atomic mass is 10.1. The maximum atomic E-state index is 11.1. The number of phenolic OH excluding ortho intramolecular Hbond substituents is 2. The summed E-state index contributed by atoms with van der Waals surface area (Å²) < 4.78 is 0. The van der Waals surface area contributed by atoms with Gasteiger partial charge in [0.2, 0.25) is 0 Å². The Kier molecular flexibility index (Phi) is 6.83. The maximum absolute atomic E-state index is 11.1. The molecule has 0 spiro atoms. The van der Waals surface area contributed by atoms with E-state index in [2.05, 4.69) is 5.32 Å². The fourth-order valence-corrected chi connectivity index (χ4v) is 1.96. The van der Waals surface area contributed by atoms with E-state index < -0.39 is 12.0 Å². The van der Waals surface area contributed by atoms with Crippen LogP contribution in [0.5, 0.6) is 11.5 Å². The summed E-state index contributed by atoms with van der Waals surface area (Å²) in [5.41, 5.74) is 5.97. The molecule has 0 saturated heterocycles. The topological polar surface area (TPSA) is 116 Å². The normalized spacial score (nSPS) is 12.2. The van der Waals surface area contributed by atoms with Crippen molar-refractivity contribution < 1.29 is 20.1 Å². The van der Waals surface area contributed by atoms with E-state index >= 15 is 0 Å². The van der Waals surface area contributed by atoms with Crippen LogP contribution < -0.4 is 11.1 Å². The number of aromatic hydroxyl groups is 2. The number of hydrogen-bond acceptors (Lipinski definition) is 5. The first-order valence-electron chi connectivity index (χ1n) is 6.71. The maximum Gasteiger partial charge on any atom is 0.320 e. The molecule has 6 heteroatoms. The van der Waals surface area contributed by atoms with Crippen LogP contribution in [-0.2, 0) is 11.2 Å². The second kappa shape index (κ2) is 8.39. The summed E-state index contributed by atoms with van der Waals surface area (Å²) >= 11 is 0. The lowest BCUT2D eigenvalue weighted by Gasteiger charge is -2.14. The van der Waals surface area contributed by atoms with Crippen molar-refractivity contribution in [1.82, 2.24) is 5.32 Å². The van der Waals surface area contributed by atoms with Gasteiger partial charge in [0.25, 0.3) is 0 Å². The van der Waals surface area contributed by atoms with Crippen LogP contribution in [0.3, 0.4) is 0 Å². The van der Waals surface area contributed by atoms with Crippen molar-refractivity contribution in [3.05, 3.63) is 23.8 Å². The van der Waals surface area contributed by atoms with E-state index in [1.807, 2.05) is 0 Å². The van der Waals surface area contributed by atoms with E-state index in [1.165, 1.54) is 18.2 Å². The first-order chi connectivity index (χ1) is 9.54. The van der Waals surface area contributed by atoms with Crippen LogP contribution in [0.4, 0.5) is 0 Å². The second-order valence-electron chi connectivity index (χ2n) is 4.69. The van der Waals surface area contributed by atoms with Crippen LogP contribution in [0.1, 0.15) is 24.8 Å². The van der Waals surface area contributed by atoms with Crippen molar-refractivity contribution in [2.45, 2.75) is 31.7 Å². The first kappa shape index (κ1) is 16.3. The van der Waals surface area contributed by atoms with Gasteiger partial charge in [0.15, 0.2) is 0 Å². The number of nitrogens with two attached hydrogens (primary N) is 1. The van der Waals surface area contributed by atoms with Crippen molar-refractivity contribution in [2.75, 3.05) is 13.1 Å². The van der Waals surface area contributed by atoms with Crippen LogP contribution in [-0.4, -0.2) is 40.4 Å². The molecule has 112 valence electrons. The van der Waals surface area contributed by atoms with Gasteiger partial charge in [-0.1, -0.05) is 6.42 Å². The third kappa shape index (κ3) is 5.46. The summed E-state index contributed by atoms with van der Waals surface area (Å²) in [5.74, 6) is -0.711. The van der Waals surface area contributed by atoms with Gasteiger partial charge in [-0.15, -0.1) is 0 Å². The fourth-order valence-electron chi connectivity index (χ4n) is 1.96. The molecule has 1 atom stereocenters. The molecule has 20 heavy (non-hydrogen) atoms. The highest BCUT2D eigenvalue weighted by Gasteiger charge is 2.15. The number of unbranched alkanes of at least 4 members (excludes halogenated alkanes) is 1. The SMILES string of the molecule is NCCCC[C@H](NCCc1cc(O)ccc1O)C(=O)O. The van der Waals surface area contributed by atoms with Crippen molar-refractivity contribution >= 4 is 5.97 Å². The molecular weight excluding hydrogens is 260 g/mol. The quantitative estimate of drug-likeness (QED) is 0.338. The van der Waals surface area contributed by atoms with Crippen molar-refractivity contribution in [3.63, 3.8) is 0 Å². The Morgan fingerprint density at radius 1 is 1.30 bits per heavy atom. The summed E-state index contributed by atoms with van der Waals surface area (Å²) in [6, 6.07) is 3.68. The minimum Gasteiger partial charge on any atom is -0.508 e. The Hall–Kier alpha value is -1.79. The molecule has 0 heterocycles. The zero-order valence-corrected chi connectivity index (χ0v) is 11.4. The third-order valence-corrected chi connectivity index (χ3v) is 3.09. The van der Waals surface area contributed by atoms with E-state index in [0.29, 0.717) is 31.5 Å². The number of rotatable bonds is 9. The molecule has 1 rings (SSSR count). The van der Waals surface area contributed by atoms with Crippen molar-refractivity contribution in [2.24, 2.45) is 5.73 Å². The molecule has 0 aliphatic rings. The molecule has 1 aromatic carbocycles. The summed E-state index contributed by atoms with van der Waals surface area (Å²) in [5, 5.41) is 31.0. The van der Waals surface area contributed by atoms with Crippen LogP contribution in [0.15, 0.2) is 18.2 Å². The van der Waals surface area contributed by atoms with Gasteiger partial charge in [0.05, 0.1) is 0 Å². The first-order valence-corrected chi connectivity index (χ1v) is 6.71. The van der Waals surface area contributed by atoms with Gasteiger partial charge in [-0.2, -0.15) is 0 Å². The Balaban J connectivity index is 2.43.